The summed E-state index contributed by atoms with van der Waals surface area (Å²) >= 11 is 0. The molecule has 0 aliphatic carbocycles. The number of benzene rings is 2. The Bertz CT molecular complexity index is 1410. The zero-order chi connectivity index (χ0) is 27.5. The number of carbonyl (C=O) groups excluding carboxylic acids is 3. The van der Waals surface area contributed by atoms with Crippen molar-refractivity contribution < 1.29 is 24.6 Å². The molecule has 0 saturated carbocycles. The van der Waals surface area contributed by atoms with Crippen LogP contribution in [0.3, 0.4) is 0 Å². The van der Waals surface area contributed by atoms with E-state index in [0.717, 1.165) is 16.0 Å². The van der Waals surface area contributed by atoms with Crippen LogP contribution in [-0.2, 0) is 9.59 Å². The number of aliphatic hydroxyl groups is 2. The van der Waals surface area contributed by atoms with Gasteiger partial charge in [0.1, 0.15) is 12.1 Å². The molecule has 0 aromatic heterocycles. The van der Waals surface area contributed by atoms with Gasteiger partial charge >= 0.3 is 0 Å². The molecule has 8 N–H and O–H groups in total. The average molecular weight is 533 g/mol. The van der Waals surface area contributed by atoms with Gasteiger partial charge in [-0.15, -0.1) is 0 Å². The third-order valence-electron chi connectivity index (χ3n) is 7.86. The minimum atomic E-state index is -2.63. The van der Waals surface area contributed by atoms with Gasteiger partial charge in [-0.1, -0.05) is 42.5 Å². The molecule has 4 aliphatic heterocycles. The van der Waals surface area contributed by atoms with Crippen molar-refractivity contribution in [3.05, 3.63) is 60.2 Å². The summed E-state index contributed by atoms with van der Waals surface area (Å²) in [6.45, 7) is -0.260. The van der Waals surface area contributed by atoms with Crippen LogP contribution in [0.15, 0.2) is 64.6 Å². The standard InChI is InChI=1S/C26H28N8O5/c27-23-31-21-17(12-33-19(35)9-10-20(33)36)29-24(28)34-13-18(26(38,39)25(21,34)32-23)30-22(37)16-8-4-7-15(11-16)14-5-2-1-3-6-14/h1-8,11,17-18,21,38-39H,9-10,12-13H2,(H2,28,29)(H,30,37)(H3,27,31,32)/t17?,18?,21-,25-/m0/s1. The second kappa shape index (κ2) is 8.78. The van der Waals surface area contributed by atoms with Crippen LogP contribution in [-0.4, -0.2) is 92.3 Å². The first-order valence-corrected chi connectivity index (χ1v) is 12.6. The lowest BCUT2D eigenvalue weighted by Gasteiger charge is -2.49. The van der Waals surface area contributed by atoms with E-state index in [4.69, 9.17) is 11.5 Å². The van der Waals surface area contributed by atoms with Crippen LogP contribution in [0.4, 0.5) is 0 Å². The van der Waals surface area contributed by atoms with E-state index in [1.165, 1.54) is 4.90 Å². The highest BCUT2D eigenvalue weighted by Crippen LogP contribution is 2.45. The average Bonchev–Trinajstić information content (AvgIpc) is 3.52. The van der Waals surface area contributed by atoms with Crippen LogP contribution in [0.2, 0.25) is 0 Å². The van der Waals surface area contributed by atoms with Crippen LogP contribution in [0.1, 0.15) is 23.2 Å². The van der Waals surface area contributed by atoms with Gasteiger partial charge in [-0.25, -0.2) is 9.98 Å². The van der Waals surface area contributed by atoms with Gasteiger partial charge in [0.15, 0.2) is 17.6 Å². The summed E-state index contributed by atoms with van der Waals surface area (Å²) < 4.78 is 0. The van der Waals surface area contributed by atoms with Gasteiger partial charge in [0.25, 0.3) is 5.91 Å². The van der Waals surface area contributed by atoms with Crippen molar-refractivity contribution in [1.29, 1.82) is 0 Å². The Morgan fingerprint density at radius 2 is 1.72 bits per heavy atom. The highest BCUT2D eigenvalue weighted by Gasteiger charge is 2.73. The van der Waals surface area contributed by atoms with Gasteiger partial charge in [0.05, 0.1) is 12.6 Å². The van der Waals surface area contributed by atoms with Crippen molar-refractivity contribution in [2.75, 3.05) is 13.1 Å². The highest BCUT2D eigenvalue weighted by atomic mass is 16.5. The van der Waals surface area contributed by atoms with Crippen molar-refractivity contribution >= 4 is 29.6 Å². The van der Waals surface area contributed by atoms with E-state index in [9.17, 15) is 24.6 Å². The Labute approximate surface area is 223 Å². The van der Waals surface area contributed by atoms with Crippen LogP contribution >= 0.6 is 0 Å². The second-order valence-electron chi connectivity index (χ2n) is 10.1. The molecule has 13 heteroatoms. The first-order chi connectivity index (χ1) is 18.6. The number of hydrogen-bond acceptors (Lipinski definition) is 11. The van der Waals surface area contributed by atoms with Crippen molar-refractivity contribution in [2.24, 2.45) is 21.5 Å². The lowest BCUT2D eigenvalue weighted by Crippen LogP contribution is -2.78. The number of nitrogens with zero attached hydrogens (tertiary/aromatic N) is 4. The summed E-state index contributed by atoms with van der Waals surface area (Å²) in [4.78, 5) is 49.1. The van der Waals surface area contributed by atoms with Crippen LogP contribution in [0, 0.1) is 0 Å². The summed E-state index contributed by atoms with van der Waals surface area (Å²) in [5, 5.41) is 28.8. The smallest absolute Gasteiger partial charge is 0.251 e. The summed E-state index contributed by atoms with van der Waals surface area (Å²) in [5.74, 6) is -4.00. The normalized spacial score (nSPS) is 28.9. The molecule has 202 valence electrons. The van der Waals surface area contributed by atoms with Crippen molar-refractivity contribution in [3.63, 3.8) is 0 Å². The minimum absolute atomic E-state index is 0.0666. The molecule has 13 nitrogen and oxygen atoms in total. The van der Waals surface area contributed by atoms with E-state index in [1.807, 2.05) is 36.4 Å². The molecule has 2 saturated heterocycles. The molecule has 39 heavy (non-hydrogen) atoms. The number of likely N-dealkylation sites (tertiary alicyclic amines) is 1. The van der Waals surface area contributed by atoms with Gasteiger partial charge in [0.2, 0.25) is 17.6 Å². The van der Waals surface area contributed by atoms with Gasteiger partial charge < -0.3 is 37.2 Å². The van der Waals surface area contributed by atoms with Crippen LogP contribution in [0.25, 0.3) is 11.1 Å². The molecule has 4 aliphatic rings. The first-order valence-electron chi connectivity index (χ1n) is 12.6. The van der Waals surface area contributed by atoms with Crippen molar-refractivity contribution in [1.82, 2.24) is 20.4 Å². The quantitative estimate of drug-likeness (QED) is 0.191. The van der Waals surface area contributed by atoms with Crippen LogP contribution in [0.5, 0.6) is 0 Å². The number of nitrogens with two attached hydrogens (primary N) is 2. The molecule has 3 amide bonds. The molecule has 6 rings (SSSR count). The van der Waals surface area contributed by atoms with E-state index in [1.54, 1.807) is 18.2 Å². The minimum Gasteiger partial charge on any atom is -0.370 e. The van der Waals surface area contributed by atoms with Gasteiger partial charge in [0, 0.05) is 24.9 Å². The van der Waals surface area contributed by atoms with Crippen molar-refractivity contribution in [3.8, 4) is 11.1 Å². The number of nitrogens with one attached hydrogen (secondary N) is 2. The Hall–Kier alpha value is -4.49. The molecule has 2 aromatic carbocycles. The summed E-state index contributed by atoms with van der Waals surface area (Å²) in [6.07, 6.45) is 0.194. The number of guanidine groups is 2. The second-order valence-corrected chi connectivity index (χ2v) is 10.1. The molecule has 2 aromatic rings. The monoisotopic (exact) mass is 532 g/mol. The Morgan fingerprint density at radius 3 is 2.44 bits per heavy atom. The summed E-state index contributed by atoms with van der Waals surface area (Å²) in [7, 11) is 0. The third kappa shape index (κ3) is 3.72. The van der Waals surface area contributed by atoms with E-state index >= 15 is 0 Å². The van der Waals surface area contributed by atoms with E-state index in [-0.39, 0.29) is 49.7 Å². The van der Waals surface area contributed by atoms with Crippen LogP contribution < -0.4 is 22.1 Å². The lowest BCUT2D eigenvalue weighted by atomic mass is 9.84. The SMILES string of the molecule is NC1=N[C@H]2C(CN3C(=O)CCC3=O)N=C(N)N3CC(NC(=O)c4cccc(-c5ccccc5)c4)C(O)(O)[C@]23N1. The topological polar surface area (TPSA) is 199 Å². The fraction of sp³-hybridized carbons (Fsp3) is 0.346. The zero-order valence-corrected chi connectivity index (χ0v) is 20.8. The molecule has 4 atom stereocenters. The number of hydrogen-bond donors (Lipinski definition) is 6. The lowest BCUT2D eigenvalue weighted by molar-refractivity contribution is -0.230. The first kappa shape index (κ1) is 24.8. The molecule has 4 heterocycles. The molecular formula is C26H28N8O5. The number of amides is 3. The number of imide groups is 1. The molecule has 0 radical (unpaired) electrons. The largest absolute Gasteiger partial charge is 0.370 e. The Balaban J connectivity index is 1.29. The predicted octanol–water partition coefficient (Wildman–Crippen LogP) is -1.72. The Morgan fingerprint density at radius 1 is 1.03 bits per heavy atom. The summed E-state index contributed by atoms with van der Waals surface area (Å²) in [6, 6.07) is 13.4. The maximum atomic E-state index is 13.3. The number of carbonyl (C=O) groups is 3. The third-order valence-corrected chi connectivity index (χ3v) is 7.86. The zero-order valence-electron chi connectivity index (χ0n) is 20.8. The number of rotatable bonds is 5. The highest BCUT2D eigenvalue weighted by molar-refractivity contribution is 6.02. The van der Waals surface area contributed by atoms with Crippen molar-refractivity contribution in [2.45, 2.75) is 42.4 Å². The van der Waals surface area contributed by atoms with E-state index in [0.29, 0.717) is 5.56 Å². The fourth-order valence-electron chi connectivity index (χ4n) is 5.96. The molecule has 2 unspecified atom stereocenters. The summed E-state index contributed by atoms with van der Waals surface area (Å²) in [5.41, 5.74) is 12.6. The van der Waals surface area contributed by atoms with E-state index in [2.05, 4.69) is 20.6 Å². The number of aliphatic imine (C=N–C) groups is 2. The Kier molecular flexibility index (Phi) is 5.59. The molecular weight excluding hydrogens is 504 g/mol. The van der Waals surface area contributed by atoms with Gasteiger partial charge in [-0.2, -0.15) is 0 Å². The maximum absolute atomic E-state index is 13.3. The van der Waals surface area contributed by atoms with E-state index < -0.39 is 35.5 Å². The maximum Gasteiger partial charge on any atom is 0.251 e. The molecule has 2 fully saturated rings. The molecule has 0 bridgehead atoms. The molecule has 1 spiro atoms. The van der Waals surface area contributed by atoms with Gasteiger partial charge in [-0.3, -0.25) is 19.3 Å². The predicted molar refractivity (Wildman–Crippen MR) is 140 cm³/mol. The fourth-order valence-corrected chi connectivity index (χ4v) is 5.96. The van der Waals surface area contributed by atoms with Gasteiger partial charge in [-0.05, 0) is 23.3 Å².